The van der Waals surface area contributed by atoms with Crippen LogP contribution in [-0.4, -0.2) is 70.2 Å². The summed E-state index contributed by atoms with van der Waals surface area (Å²) in [5.74, 6) is -2.62. The topological polar surface area (TPSA) is 157 Å². The molecule has 10 heteroatoms. The highest BCUT2D eigenvalue weighted by molar-refractivity contribution is 7.80. The summed E-state index contributed by atoms with van der Waals surface area (Å²) in [6.45, 7) is 1.31. The van der Waals surface area contributed by atoms with Crippen LogP contribution in [0.2, 0.25) is 0 Å². The largest absolute Gasteiger partial charge is 0.478 e. The number of nitrogens with one attached hydrogen (secondary N) is 1. The molecule has 0 rings (SSSR count). The third kappa shape index (κ3) is 13.9. The number of rotatable bonds is 5. The molecule has 0 aromatic carbocycles. The molecule has 0 unspecified atom stereocenters. The van der Waals surface area contributed by atoms with E-state index in [1.165, 1.54) is 4.90 Å². The van der Waals surface area contributed by atoms with Gasteiger partial charge in [0.25, 0.3) is 0 Å². The molecule has 0 heterocycles. The fraction of sp³-hybridized carbons (Fsp3) is 0.400. The van der Waals surface area contributed by atoms with Crippen LogP contribution in [0.25, 0.3) is 0 Å². The fourth-order valence-corrected chi connectivity index (χ4v) is 0.982. The molecule has 0 aliphatic carbocycles. The van der Waals surface area contributed by atoms with Crippen LogP contribution in [0.15, 0.2) is 12.2 Å². The standard InChI is InChI=1S/C6H15N5S.C4H4O4/c1-10(2)3-4-11(5(7)8)6(9)12;5-3(6)1-2-4(7)8/h3-4H2,1-2H3,(H3,7,8)(H2,9,12);1-2H,(H,5,6)(H,7,8)/b;2-1-. The van der Waals surface area contributed by atoms with E-state index in [4.69, 9.17) is 39.3 Å². The summed E-state index contributed by atoms with van der Waals surface area (Å²) in [5.41, 5.74) is 10.6. The zero-order valence-electron chi connectivity index (χ0n) is 11.2. The number of carboxylic acid groups (broad SMARTS) is 2. The van der Waals surface area contributed by atoms with E-state index in [1.54, 1.807) is 0 Å². The summed E-state index contributed by atoms with van der Waals surface area (Å²) in [4.78, 5) is 22.5. The van der Waals surface area contributed by atoms with Gasteiger partial charge >= 0.3 is 11.9 Å². The van der Waals surface area contributed by atoms with E-state index >= 15 is 0 Å². The quantitative estimate of drug-likeness (QED) is 0.180. The molecule has 114 valence electrons. The van der Waals surface area contributed by atoms with E-state index in [0.29, 0.717) is 18.7 Å². The maximum absolute atomic E-state index is 9.55. The fourth-order valence-electron chi connectivity index (χ4n) is 0.792. The van der Waals surface area contributed by atoms with Gasteiger partial charge in [0.15, 0.2) is 11.1 Å². The first-order valence-corrected chi connectivity index (χ1v) is 5.68. The van der Waals surface area contributed by atoms with E-state index in [0.717, 1.165) is 6.54 Å². The van der Waals surface area contributed by atoms with Crippen LogP contribution in [0.3, 0.4) is 0 Å². The van der Waals surface area contributed by atoms with Crippen molar-refractivity contribution in [3.63, 3.8) is 0 Å². The molecule has 0 aliphatic heterocycles. The van der Waals surface area contributed by atoms with Gasteiger partial charge in [-0.2, -0.15) is 0 Å². The van der Waals surface area contributed by atoms with Gasteiger partial charge in [-0.1, -0.05) is 0 Å². The lowest BCUT2D eigenvalue weighted by Gasteiger charge is -2.22. The minimum absolute atomic E-state index is 0.107. The van der Waals surface area contributed by atoms with Crippen LogP contribution in [0.5, 0.6) is 0 Å². The number of thiocarbonyl (C=S) groups is 1. The second-order valence-corrected chi connectivity index (χ2v) is 4.11. The first-order chi connectivity index (χ1) is 9.07. The van der Waals surface area contributed by atoms with Crippen molar-refractivity contribution in [3.05, 3.63) is 12.2 Å². The lowest BCUT2D eigenvalue weighted by molar-refractivity contribution is -0.134. The summed E-state index contributed by atoms with van der Waals surface area (Å²) in [6.07, 6.45) is 1.12. The molecule has 0 radical (unpaired) electrons. The van der Waals surface area contributed by atoms with Crippen molar-refractivity contribution in [1.82, 2.24) is 9.80 Å². The zero-order chi connectivity index (χ0) is 16.3. The number of hydrogen-bond acceptors (Lipinski definition) is 5. The van der Waals surface area contributed by atoms with Crippen LogP contribution in [-0.2, 0) is 9.59 Å². The summed E-state index contributed by atoms with van der Waals surface area (Å²) in [7, 11) is 3.86. The number of carboxylic acids is 2. The summed E-state index contributed by atoms with van der Waals surface area (Å²) >= 11 is 4.71. The Hall–Kier alpha value is -2.20. The van der Waals surface area contributed by atoms with Gasteiger partial charge in [-0.3, -0.25) is 10.3 Å². The smallest absolute Gasteiger partial charge is 0.328 e. The van der Waals surface area contributed by atoms with E-state index in [2.05, 4.69) is 0 Å². The number of guanidine groups is 1. The predicted octanol–water partition coefficient (Wildman–Crippen LogP) is -1.30. The lowest BCUT2D eigenvalue weighted by Crippen LogP contribution is -2.47. The number of nitrogens with two attached hydrogens (primary N) is 2. The number of likely N-dealkylation sites (N-methyl/N-ethyl adjacent to an activating group) is 1. The summed E-state index contributed by atoms with van der Waals surface area (Å²) in [5, 5.41) is 22.9. The monoisotopic (exact) mass is 305 g/mol. The third-order valence-corrected chi connectivity index (χ3v) is 1.92. The molecule has 9 nitrogen and oxygen atoms in total. The second kappa shape index (κ2) is 10.7. The van der Waals surface area contributed by atoms with Crippen molar-refractivity contribution in [2.24, 2.45) is 11.5 Å². The molecule has 0 saturated carbocycles. The van der Waals surface area contributed by atoms with E-state index in [9.17, 15) is 9.59 Å². The van der Waals surface area contributed by atoms with Crippen molar-refractivity contribution >= 4 is 35.2 Å². The Morgan fingerprint density at radius 2 is 1.55 bits per heavy atom. The Morgan fingerprint density at radius 1 is 1.15 bits per heavy atom. The van der Waals surface area contributed by atoms with Gasteiger partial charge in [-0.25, -0.2) is 9.59 Å². The molecular weight excluding hydrogens is 286 g/mol. The third-order valence-electron chi connectivity index (χ3n) is 1.70. The Balaban J connectivity index is 0. The molecule has 0 spiro atoms. The molecule has 0 bridgehead atoms. The van der Waals surface area contributed by atoms with Gasteiger partial charge in [0, 0.05) is 25.2 Å². The van der Waals surface area contributed by atoms with Crippen LogP contribution in [0, 0.1) is 5.41 Å². The predicted molar refractivity (Wildman–Crippen MR) is 78.4 cm³/mol. The Kier molecular flexibility index (Phi) is 10.8. The number of nitrogens with zero attached hydrogens (tertiary/aromatic N) is 2. The summed E-state index contributed by atoms with van der Waals surface area (Å²) < 4.78 is 0. The highest BCUT2D eigenvalue weighted by atomic mass is 32.1. The van der Waals surface area contributed by atoms with Crippen LogP contribution >= 0.6 is 12.2 Å². The van der Waals surface area contributed by atoms with Gasteiger partial charge < -0.3 is 26.6 Å². The molecule has 0 amide bonds. The number of hydrogen-bond donors (Lipinski definition) is 5. The van der Waals surface area contributed by atoms with Crippen molar-refractivity contribution in [3.8, 4) is 0 Å². The molecule has 7 N–H and O–H groups in total. The van der Waals surface area contributed by atoms with Crippen LogP contribution in [0.1, 0.15) is 0 Å². The van der Waals surface area contributed by atoms with Crippen molar-refractivity contribution in [2.45, 2.75) is 0 Å². The number of carbonyl (C=O) groups is 2. The van der Waals surface area contributed by atoms with Gasteiger partial charge in [-0.15, -0.1) is 0 Å². The maximum Gasteiger partial charge on any atom is 0.328 e. The molecule has 0 saturated heterocycles. The number of aliphatic carboxylic acids is 2. The van der Waals surface area contributed by atoms with Gasteiger partial charge in [0.2, 0.25) is 0 Å². The molecule has 0 atom stereocenters. The van der Waals surface area contributed by atoms with Crippen LogP contribution < -0.4 is 11.5 Å². The first-order valence-electron chi connectivity index (χ1n) is 5.27. The highest BCUT2D eigenvalue weighted by Crippen LogP contribution is 1.87. The zero-order valence-corrected chi connectivity index (χ0v) is 12.1. The second-order valence-electron chi connectivity index (χ2n) is 3.69. The van der Waals surface area contributed by atoms with E-state index in [-0.39, 0.29) is 11.1 Å². The minimum Gasteiger partial charge on any atom is -0.478 e. The minimum atomic E-state index is -1.26. The van der Waals surface area contributed by atoms with E-state index in [1.807, 2.05) is 19.0 Å². The highest BCUT2D eigenvalue weighted by Gasteiger charge is 2.08. The molecule has 20 heavy (non-hydrogen) atoms. The van der Waals surface area contributed by atoms with Gasteiger partial charge in [0.05, 0.1) is 0 Å². The molecular formula is C10H19N5O4S. The normalized spacial score (nSPS) is 9.75. The van der Waals surface area contributed by atoms with E-state index < -0.39 is 11.9 Å². The van der Waals surface area contributed by atoms with Crippen molar-refractivity contribution < 1.29 is 19.8 Å². The van der Waals surface area contributed by atoms with Crippen LogP contribution in [0.4, 0.5) is 0 Å². The Morgan fingerprint density at radius 3 is 1.75 bits per heavy atom. The lowest BCUT2D eigenvalue weighted by atomic mass is 10.5. The van der Waals surface area contributed by atoms with Gasteiger partial charge in [-0.05, 0) is 26.3 Å². The van der Waals surface area contributed by atoms with Crippen molar-refractivity contribution in [2.75, 3.05) is 27.2 Å². The molecule has 0 aromatic heterocycles. The average molecular weight is 305 g/mol. The Labute approximate surface area is 121 Å². The van der Waals surface area contributed by atoms with Gasteiger partial charge in [0.1, 0.15) is 0 Å². The SMILES string of the molecule is CN(C)CCN(C(=N)N)C(N)=S.O=C(O)/C=C\C(=O)O. The first kappa shape index (κ1) is 20.1. The molecule has 0 aliphatic rings. The maximum atomic E-state index is 9.55. The summed E-state index contributed by atoms with van der Waals surface area (Å²) in [6, 6.07) is 0. The molecule has 0 fully saturated rings. The Bertz CT molecular complexity index is 367. The average Bonchev–Trinajstić information content (AvgIpc) is 2.26. The van der Waals surface area contributed by atoms with Crippen molar-refractivity contribution in [1.29, 1.82) is 5.41 Å². The molecule has 0 aromatic rings.